The molecule has 0 spiro atoms. The summed E-state index contributed by atoms with van der Waals surface area (Å²) in [5, 5.41) is 80.3. The van der Waals surface area contributed by atoms with Gasteiger partial charge in [0.1, 0.15) is 12.2 Å². The van der Waals surface area contributed by atoms with E-state index in [2.05, 4.69) is 0 Å². The van der Waals surface area contributed by atoms with Crippen LogP contribution < -0.4 is 0 Å². The fourth-order valence-corrected chi connectivity index (χ4v) is 2.49. The lowest BCUT2D eigenvalue weighted by Gasteiger charge is -2.45. The fraction of sp³-hybridized carbons (Fsp3) is 1.00. The minimum Gasteiger partial charge on any atom is -0.363 e. The summed E-state index contributed by atoms with van der Waals surface area (Å²) in [5.74, 6) is -12.0. The largest absolute Gasteiger partial charge is 0.363 e. The minimum absolute atomic E-state index is 0.0534. The van der Waals surface area contributed by atoms with Crippen molar-refractivity contribution in [1.82, 2.24) is 0 Å². The van der Waals surface area contributed by atoms with Gasteiger partial charge >= 0.3 is 0 Å². The molecule has 152 valence electrons. The van der Waals surface area contributed by atoms with Crippen LogP contribution in [0.2, 0.25) is 0 Å². The van der Waals surface area contributed by atoms with Crippen molar-refractivity contribution in [2.75, 3.05) is 0 Å². The van der Waals surface area contributed by atoms with E-state index in [9.17, 15) is 40.9 Å². The molecule has 0 heterocycles. The van der Waals surface area contributed by atoms with Gasteiger partial charge < -0.3 is 45.6 Å². The van der Waals surface area contributed by atoms with Gasteiger partial charge in [-0.05, 0) is 12.8 Å². The molecule has 0 aromatic rings. The lowest BCUT2D eigenvalue weighted by atomic mass is 9.91. The van der Waals surface area contributed by atoms with Crippen molar-refractivity contribution in [3.63, 3.8) is 0 Å². The zero-order chi connectivity index (χ0) is 20.1. The molecule has 2 atom stereocenters. The summed E-state index contributed by atoms with van der Waals surface area (Å²) < 4.78 is 5.40. The number of hydrogen-bond acceptors (Lipinski definition) is 9. The summed E-state index contributed by atoms with van der Waals surface area (Å²) in [6, 6.07) is 0. The van der Waals surface area contributed by atoms with Gasteiger partial charge in [0.05, 0.1) is 0 Å². The zero-order valence-electron chi connectivity index (χ0n) is 15.4. The zero-order valence-corrected chi connectivity index (χ0v) is 15.4. The van der Waals surface area contributed by atoms with Crippen molar-refractivity contribution in [3.8, 4) is 0 Å². The molecule has 0 aliphatic rings. The van der Waals surface area contributed by atoms with E-state index in [1.807, 2.05) is 0 Å². The summed E-state index contributed by atoms with van der Waals surface area (Å²) in [6.07, 6.45) is -3.48. The molecule has 0 saturated carbocycles. The second-order valence-electron chi connectivity index (χ2n) is 6.48. The predicted molar refractivity (Wildman–Crippen MR) is 87.7 cm³/mol. The number of ether oxygens (including phenoxy) is 1. The third kappa shape index (κ3) is 5.31. The van der Waals surface area contributed by atoms with Crippen molar-refractivity contribution >= 4 is 0 Å². The van der Waals surface area contributed by atoms with Gasteiger partial charge in [-0.1, -0.05) is 40.5 Å². The molecule has 0 aliphatic heterocycles. The van der Waals surface area contributed by atoms with Crippen LogP contribution in [0.5, 0.6) is 0 Å². The van der Waals surface area contributed by atoms with Gasteiger partial charge in [-0.2, -0.15) is 0 Å². The van der Waals surface area contributed by atoms with Gasteiger partial charge in [-0.15, -0.1) is 0 Å². The second kappa shape index (κ2) is 9.03. The van der Waals surface area contributed by atoms with Gasteiger partial charge in [-0.25, -0.2) is 0 Å². The maximum Gasteiger partial charge on any atom is 0.245 e. The third-order valence-corrected chi connectivity index (χ3v) is 4.49. The van der Waals surface area contributed by atoms with E-state index in [-0.39, 0.29) is 12.8 Å². The van der Waals surface area contributed by atoms with E-state index < -0.39 is 48.2 Å². The monoisotopic (exact) mass is 370 g/mol. The van der Waals surface area contributed by atoms with Gasteiger partial charge in [0.25, 0.3) is 0 Å². The van der Waals surface area contributed by atoms with E-state index in [1.54, 1.807) is 13.8 Å². The van der Waals surface area contributed by atoms with E-state index >= 15 is 0 Å². The van der Waals surface area contributed by atoms with Gasteiger partial charge in [-0.3, -0.25) is 0 Å². The Bertz CT molecular complexity index is 357. The van der Waals surface area contributed by atoms with Crippen molar-refractivity contribution in [2.24, 2.45) is 0 Å². The lowest BCUT2D eigenvalue weighted by molar-refractivity contribution is -0.423. The Balaban J connectivity index is 5.76. The van der Waals surface area contributed by atoms with Crippen LogP contribution in [0.4, 0.5) is 0 Å². The average Bonchev–Trinajstić information content (AvgIpc) is 2.52. The molecule has 0 amide bonds. The molecular weight excluding hydrogens is 336 g/mol. The van der Waals surface area contributed by atoms with E-state index in [0.29, 0.717) is 12.8 Å². The smallest absolute Gasteiger partial charge is 0.245 e. The summed E-state index contributed by atoms with van der Waals surface area (Å²) in [4.78, 5) is 0. The van der Waals surface area contributed by atoms with Crippen LogP contribution in [0.15, 0.2) is 0 Å². The first-order valence-electron chi connectivity index (χ1n) is 8.69. The normalized spacial score (nSPS) is 16.8. The molecule has 9 nitrogen and oxygen atoms in total. The van der Waals surface area contributed by atoms with Gasteiger partial charge in [0, 0.05) is 12.8 Å². The standard InChI is InChI=1S/C16H34O9/c1-5-9-11(15(21,22)13(17,18)7-3)25-12(10-6-2)16(23,24)14(19,20)8-4/h11-12,17-24H,5-10H2,1-4H3. The second-order valence-corrected chi connectivity index (χ2v) is 6.48. The van der Waals surface area contributed by atoms with Crippen LogP contribution >= 0.6 is 0 Å². The highest BCUT2D eigenvalue weighted by Crippen LogP contribution is 2.34. The van der Waals surface area contributed by atoms with E-state index in [1.165, 1.54) is 13.8 Å². The van der Waals surface area contributed by atoms with Crippen LogP contribution in [-0.4, -0.2) is 76.2 Å². The van der Waals surface area contributed by atoms with Crippen LogP contribution in [0.25, 0.3) is 0 Å². The lowest BCUT2D eigenvalue weighted by Crippen LogP contribution is -2.66. The number of aliphatic hydroxyl groups is 8. The van der Waals surface area contributed by atoms with Crippen LogP contribution in [0.1, 0.15) is 66.2 Å². The molecular formula is C16H34O9. The highest BCUT2D eigenvalue weighted by Gasteiger charge is 2.57. The van der Waals surface area contributed by atoms with Gasteiger partial charge in [0.2, 0.25) is 23.1 Å². The maximum atomic E-state index is 10.2. The maximum absolute atomic E-state index is 10.2. The Morgan fingerprint density at radius 1 is 0.600 bits per heavy atom. The summed E-state index contributed by atoms with van der Waals surface area (Å²) in [5.41, 5.74) is 0. The van der Waals surface area contributed by atoms with Crippen molar-refractivity contribution in [2.45, 2.75) is 102 Å². The Morgan fingerprint density at radius 3 is 1.08 bits per heavy atom. The van der Waals surface area contributed by atoms with Gasteiger partial charge in [0.15, 0.2) is 0 Å². The van der Waals surface area contributed by atoms with Crippen molar-refractivity contribution < 1.29 is 45.6 Å². The first-order chi connectivity index (χ1) is 11.2. The molecule has 9 heteroatoms. The third-order valence-electron chi connectivity index (χ3n) is 4.49. The van der Waals surface area contributed by atoms with Crippen LogP contribution in [0.3, 0.4) is 0 Å². The molecule has 0 aromatic heterocycles. The molecule has 0 radical (unpaired) electrons. The Labute approximate surface area is 148 Å². The Hall–Kier alpha value is -0.360. The molecule has 0 aromatic carbocycles. The first kappa shape index (κ1) is 24.6. The minimum atomic E-state index is -3.11. The Kier molecular flexibility index (Phi) is 8.90. The number of rotatable bonds is 12. The van der Waals surface area contributed by atoms with Crippen molar-refractivity contribution in [3.05, 3.63) is 0 Å². The number of hydrogen-bond donors (Lipinski definition) is 8. The molecule has 25 heavy (non-hydrogen) atoms. The molecule has 8 N–H and O–H groups in total. The van der Waals surface area contributed by atoms with E-state index in [4.69, 9.17) is 4.74 Å². The predicted octanol–water partition coefficient (Wildman–Crippen LogP) is -1.12. The fourth-order valence-electron chi connectivity index (χ4n) is 2.49. The van der Waals surface area contributed by atoms with Crippen LogP contribution in [0, 0.1) is 0 Å². The molecule has 0 aliphatic carbocycles. The van der Waals surface area contributed by atoms with E-state index in [0.717, 1.165) is 0 Å². The summed E-state index contributed by atoms with van der Waals surface area (Å²) in [7, 11) is 0. The summed E-state index contributed by atoms with van der Waals surface area (Å²) in [6.45, 7) is 6.01. The highest BCUT2D eigenvalue weighted by molar-refractivity contribution is 4.93. The topological polar surface area (TPSA) is 171 Å². The SMILES string of the molecule is CCCC(OC(CCC)C(O)(O)C(O)(O)CC)C(O)(O)C(O)(O)CC. The molecule has 0 saturated heterocycles. The van der Waals surface area contributed by atoms with Crippen LogP contribution in [-0.2, 0) is 4.74 Å². The highest BCUT2D eigenvalue weighted by atomic mass is 16.7. The Morgan fingerprint density at radius 2 is 0.880 bits per heavy atom. The summed E-state index contributed by atoms with van der Waals surface area (Å²) >= 11 is 0. The quantitative estimate of drug-likeness (QED) is 0.198. The van der Waals surface area contributed by atoms with Crippen molar-refractivity contribution in [1.29, 1.82) is 0 Å². The first-order valence-corrected chi connectivity index (χ1v) is 8.69. The molecule has 0 rings (SSSR count). The molecule has 0 bridgehead atoms. The molecule has 2 unspecified atom stereocenters. The molecule has 0 fully saturated rings. The average molecular weight is 370 g/mol.